The van der Waals surface area contributed by atoms with E-state index in [4.69, 9.17) is 4.74 Å². The number of nitrogens with one attached hydrogen (secondary N) is 1. The van der Waals surface area contributed by atoms with E-state index in [1.54, 1.807) is 57.2 Å². The highest BCUT2D eigenvalue weighted by Crippen LogP contribution is 2.33. The Morgan fingerprint density at radius 1 is 1.12 bits per heavy atom. The number of benzene rings is 2. The molecule has 0 heterocycles. The molecule has 0 aromatic heterocycles. The molecule has 2 aromatic carbocycles. The smallest absolute Gasteiger partial charge is 0.408 e. The molecule has 26 heavy (non-hydrogen) atoms. The standard InChI is InChI=1S/C19H21FN2O4/c1-19(2,3)26-18(23)21-16(14-11-7-8-12-15(14)20)17(22(24)25)13-9-5-4-6-10-13/h4-12,16-17H,1-3H3,(H,21,23)/t16-,17+/m0/s1. The molecular formula is C19H21FN2O4. The number of nitrogens with zero attached hydrogens (tertiary/aromatic N) is 1. The van der Waals surface area contributed by atoms with Crippen LogP contribution in [0.5, 0.6) is 0 Å². The highest BCUT2D eigenvalue weighted by atomic mass is 19.1. The van der Waals surface area contributed by atoms with Gasteiger partial charge in [0.1, 0.15) is 17.5 Å². The van der Waals surface area contributed by atoms with Crippen LogP contribution >= 0.6 is 0 Å². The minimum atomic E-state index is -1.37. The van der Waals surface area contributed by atoms with Crippen LogP contribution in [-0.4, -0.2) is 16.6 Å². The SMILES string of the molecule is CC(C)(C)OC(=O)N[C@@H](c1ccccc1F)[C@@H](c1ccccc1)[N+](=O)[O-]. The third kappa shape index (κ3) is 5.02. The van der Waals surface area contributed by atoms with Crippen LogP contribution in [-0.2, 0) is 4.74 Å². The molecule has 1 N–H and O–H groups in total. The van der Waals surface area contributed by atoms with Crippen molar-refractivity contribution in [2.45, 2.75) is 38.5 Å². The fraction of sp³-hybridized carbons (Fsp3) is 0.316. The second-order valence-electron chi connectivity index (χ2n) is 6.79. The minimum absolute atomic E-state index is 0.0175. The maximum absolute atomic E-state index is 14.4. The third-order valence-corrected chi connectivity index (χ3v) is 3.60. The second-order valence-corrected chi connectivity index (χ2v) is 6.79. The molecule has 0 radical (unpaired) electrons. The van der Waals surface area contributed by atoms with E-state index in [0.717, 1.165) is 0 Å². The first-order valence-corrected chi connectivity index (χ1v) is 8.11. The van der Waals surface area contributed by atoms with Gasteiger partial charge in [-0.1, -0.05) is 48.5 Å². The third-order valence-electron chi connectivity index (χ3n) is 3.60. The van der Waals surface area contributed by atoms with E-state index in [0.29, 0.717) is 5.56 Å². The van der Waals surface area contributed by atoms with E-state index in [1.165, 1.54) is 18.2 Å². The fourth-order valence-corrected chi connectivity index (χ4v) is 2.57. The van der Waals surface area contributed by atoms with Gasteiger partial charge in [-0.05, 0) is 26.8 Å². The summed E-state index contributed by atoms with van der Waals surface area (Å²) in [6, 6.07) is 11.2. The molecule has 0 unspecified atom stereocenters. The number of hydrogen-bond donors (Lipinski definition) is 1. The maximum atomic E-state index is 14.4. The predicted molar refractivity (Wildman–Crippen MR) is 94.7 cm³/mol. The fourth-order valence-electron chi connectivity index (χ4n) is 2.57. The van der Waals surface area contributed by atoms with Gasteiger partial charge in [0.15, 0.2) is 0 Å². The van der Waals surface area contributed by atoms with Gasteiger partial charge in [0, 0.05) is 16.1 Å². The van der Waals surface area contributed by atoms with Crippen molar-refractivity contribution in [2.24, 2.45) is 0 Å². The summed E-state index contributed by atoms with van der Waals surface area (Å²) >= 11 is 0. The van der Waals surface area contributed by atoms with Crippen LogP contribution in [0.3, 0.4) is 0 Å². The first-order valence-electron chi connectivity index (χ1n) is 8.11. The summed E-state index contributed by atoms with van der Waals surface area (Å²) < 4.78 is 19.6. The molecule has 138 valence electrons. The molecule has 0 fully saturated rings. The normalized spacial score (nSPS) is 13.5. The molecule has 0 aliphatic heterocycles. The first-order chi connectivity index (χ1) is 12.2. The zero-order valence-electron chi connectivity index (χ0n) is 14.8. The molecule has 2 rings (SSSR count). The van der Waals surface area contributed by atoms with Crippen molar-refractivity contribution in [3.8, 4) is 0 Å². The van der Waals surface area contributed by atoms with Crippen molar-refractivity contribution in [2.75, 3.05) is 0 Å². The number of ether oxygens (including phenoxy) is 1. The Morgan fingerprint density at radius 3 is 2.23 bits per heavy atom. The number of alkyl carbamates (subject to hydrolysis) is 1. The monoisotopic (exact) mass is 360 g/mol. The largest absolute Gasteiger partial charge is 0.444 e. The molecule has 7 heteroatoms. The van der Waals surface area contributed by atoms with E-state index >= 15 is 0 Å². The summed E-state index contributed by atoms with van der Waals surface area (Å²) in [4.78, 5) is 23.5. The lowest BCUT2D eigenvalue weighted by atomic mass is 9.93. The number of rotatable bonds is 5. The summed E-state index contributed by atoms with van der Waals surface area (Å²) in [5, 5.41) is 14.3. The van der Waals surface area contributed by atoms with Crippen LogP contribution in [0.1, 0.15) is 44.0 Å². The van der Waals surface area contributed by atoms with Gasteiger partial charge in [0.05, 0.1) is 0 Å². The minimum Gasteiger partial charge on any atom is -0.444 e. The van der Waals surface area contributed by atoms with Crippen molar-refractivity contribution >= 4 is 6.09 Å². The van der Waals surface area contributed by atoms with Crippen LogP contribution in [0.25, 0.3) is 0 Å². The molecule has 2 atom stereocenters. The topological polar surface area (TPSA) is 81.5 Å². The van der Waals surface area contributed by atoms with Gasteiger partial charge in [0.2, 0.25) is 0 Å². The summed E-state index contributed by atoms with van der Waals surface area (Å²) in [6.07, 6.45) is -0.853. The number of halogens is 1. The second kappa shape index (κ2) is 7.95. The van der Waals surface area contributed by atoms with E-state index in [-0.39, 0.29) is 5.56 Å². The zero-order chi connectivity index (χ0) is 19.3. The van der Waals surface area contributed by atoms with Crippen LogP contribution in [0.4, 0.5) is 9.18 Å². The molecule has 6 nitrogen and oxygen atoms in total. The Balaban J connectivity index is 2.47. The average Bonchev–Trinajstić information content (AvgIpc) is 2.53. The Bertz CT molecular complexity index is 775. The van der Waals surface area contributed by atoms with Gasteiger partial charge in [-0.15, -0.1) is 0 Å². The van der Waals surface area contributed by atoms with Gasteiger partial charge in [-0.25, -0.2) is 9.18 Å². The van der Waals surface area contributed by atoms with E-state index in [2.05, 4.69) is 5.32 Å². The van der Waals surface area contributed by atoms with E-state index in [9.17, 15) is 19.3 Å². The van der Waals surface area contributed by atoms with E-state index < -0.39 is 34.5 Å². The van der Waals surface area contributed by atoms with Crippen molar-refractivity contribution in [1.82, 2.24) is 5.32 Å². The van der Waals surface area contributed by atoms with Crippen molar-refractivity contribution in [1.29, 1.82) is 0 Å². The Hall–Kier alpha value is -2.96. The van der Waals surface area contributed by atoms with Gasteiger partial charge < -0.3 is 10.1 Å². The van der Waals surface area contributed by atoms with Crippen molar-refractivity contribution in [3.05, 3.63) is 81.7 Å². The lowest BCUT2D eigenvalue weighted by Gasteiger charge is -2.26. The molecule has 0 saturated carbocycles. The maximum Gasteiger partial charge on any atom is 0.408 e. The zero-order valence-corrected chi connectivity index (χ0v) is 14.8. The Kier molecular flexibility index (Phi) is 5.92. The molecule has 0 bridgehead atoms. The number of carbonyl (C=O) groups excluding carboxylic acids is 1. The van der Waals surface area contributed by atoms with Gasteiger partial charge >= 0.3 is 6.09 Å². The molecule has 2 aromatic rings. The predicted octanol–water partition coefficient (Wildman–Crippen LogP) is 4.41. The molecule has 1 amide bonds. The number of amides is 1. The molecule has 0 saturated heterocycles. The molecular weight excluding hydrogens is 339 g/mol. The highest BCUT2D eigenvalue weighted by molar-refractivity contribution is 5.68. The van der Waals surface area contributed by atoms with Crippen LogP contribution in [0, 0.1) is 15.9 Å². The quantitative estimate of drug-likeness (QED) is 0.632. The van der Waals surface area contributed by atoms with Gasteiger partial charge in [0.25, 0.3) is 6.04 Å². The molecule has 0 aliphatic rings. The number of nitro groups is 1. The Labute approximate surface area is 151 Å². The van der Waals surface area contributed by atoms with Crippen molar-refractivity contribution < 1.29 is 18.8 Å². The van der Waals surface area contributed by atoms with Crippen molar-refractivity contribution in [3.63, 3.8) is 0 Å². The average molecular weight is 360 g/mol. The molecule has 0 aliphatic carbocycles. The lowest BCUT2D eigenvalue weighted by Crippen LogP contribution is -2.39. The lowest BCUT2D eigenvalue weighted by molar-refractivity contribution is -0.534. The Morgan fingerprint density at radius 2 is 1.69 bits per heavy atom. The van der Waals surface area contributed by atoms with Crippen LogP contribution in [0.2, 0.25) is 0 Å². The molecule has 0 spiro atoms. The summed E-state index contributed by atoms with van der Waals surface area (Å²) in [5.41, 5.74) is -0.425. The van der Waals surface area contributed by atoms with Gasteiger partial charge in [-0.3, -0.25) is 10.1 Å². The highest BCUT2D eigenvalue weighted by Gasteiger charge is 2.38. The first kappa shape index (κ1) is 19.4. The number of carbonyl (C=O) groups is 1. The summed E-state index contributed by atoms with van der Waals surface area (Å²) in [6.45, 7) is 5.02. The summed E-state index contributed by atoms with van der Waals surface area (Å²) in [7, 11) is 0. The summed E-state index contributed by atoms with van der Waals surface area (Å²) in [5.74, 6) is -0.642. The van der Waals surface area contributed by atoms with Crippen LogP contribution in [0.15, 0.2) is 54.6 Å². The number of hydrogen-bond acceptors (Lipinski definition) is 4. The van der Waals surface area contributed by atoms with Crippen LogP contribution < -0.4 is 5.32 Å². The van der Waals surface area contributed by atoms with E-state index in [1.807, 2.05) is 0 Å². The van der Waals surface area contributed by atoms with Gasteiger partial charge in [-0.2, -0.15) is 0 Å².